The Morgan fingerprint density at radius 3 is 2.33 bits per heavy atom. The van der Waals surface area contributed by atoms with Crippen LogP contribution >= 0.6 is 11.6 Å². The van der Waals surface area contributed by atoms with Gasteiger partial charge in [-0.1, -0.05) is 11.6 Å². The summed E-state index contributed by atoms with van der Waals surface area (Å²) >= 11 is 6.39. The van der Waals surface area contributed by atoms with Crippen molar-refractivity contribution in [3.8, 4) is 5.75 Å². The molecule has 1 saturated carbocycles. The number of hydrogen-bond donors (Lipinski definition) is 1. The number of likely N-dealkylation sites (tertiary alicyclic amines) is 1. The summed E-state index contributed by atoms with van der Waals surface area (Å²) < 4.78 is 10.9. The van der Waals surface area contributed by atoms with Crippen molar-refractivity contribution in [1.82, 2.24) is 14.7 Å². The fraction of sp³-hybridized carbons (Fsp3) is 0.667. The van der Waals surface area contributed by atoms with Crippen LogP contribution in [0.25, 0.3) is 0 Å². The van der Waals surface area contributed by atoms with Crippen LogP contribution in [0.15, 0.2) is 12.1 Å². The maximum Gasteiger partial charge on any atom is 0.410 e. The van der Waals surface area contributed by atoms with Crippen LogP contribution in [-0.2, 0) is 9.53 Å². The third-order valence-electron chi connectivity index (χ3n) is 6.46. The zero-order chi connectivity index (χ0) is 23.8. The first-order valence-corrected chi connectivity index (χ1v) is 12.1. The number of rotatable bonds is 6. The fourth-order valence-corrected chi connectivity index (χ4v) is 4.67. The lowest BCUT2D eigenvalue weighted by Gasteiger charge is -2.48. The Morgan fingerprint density at radius 2 is 1.76 bits per heavy atom. The van der Waals surface area contributed by atoms with Crippen LogP contribution in [0.5, 0.6) is 5.75 Å². The Balaban J connectivity index is 1.22. The molecule has 182 valence electrons. The van der Waals surface area contributed by atoms with Gasteiger partial charge >= 0.3 is 6.09 Å². The summed E-state index contributed by atoms with van der Waals surface area (Å²) in [6, 6.07) is 4.20. The molecule has 0 spiro atoms. The van der Waals surface area contributed by atoms with Gasteiger partial charge in [0.2, 0.25) is 5.91 Å². The first-order chi connectivity index (χ1) is 15.6. The van der Waals surface area contributed by atoms with E-state index in [2.05, 4.69) is 10.2 Å². The van der Waals surface area contributed by atoms with E-state index in [9.17, 15) is 9.59 Å². The molecule has 2 heterocycles. The van der Waals surface area contributed by atoms with E-state index in [0.29, 0.717) is 43.9 Å². The summed E-state index contributed by atoms with van der Waals surface area (Å²) in [7, 11) is 1.61. The molecule has 2 saturated heterocycles. The van der Waals surface area contributed by atoms with Crippen molar-refractivity contribution in [2.45, 2.75) is 51.2 Å². The molecule has 3 fully saturated rings. The van der Waals surface area contributed by atoms with Crippen molar-refractivity contribution < 1.29 is 19.1 Å². The minimum Gasteiger partial charge on any atom is -0.495 e. The maximum absolute atomic E-state index is 12.8. The van der Waals surface area contributed by atoms with Gasteiger partial charge in [-0.2, -0.15) is 0 Å². The molecular weight excluding hydrogens is 444 g/mol. The van der Waals surface area contributed by atoms with Crippen LogP contribution in [0.1, 0.15) is 45.1 Å². The lowest BCUT2D eigenvalue weighted by Crippen LogP contribution is -2.65. The number of ether oxygens (including phenoxy) is 2. The van der Waals surface area contributed by atoms with Crippen molar-refractivity contribution in [2.24, 2.45) is 0 Å². The molecule has 33 heavy (non-hydrogen) atoms. The van der Waals surface area contributed by atoms with E-state index >= 15 is 0 Å². The predicted octanol–water partition coefficient (Wildman–Crippen LogP) is 3.40. The smallest absolute Gasteiger partial charge is 0.410 e. The quantitative estimate of drug-likeness (QED) is 0.675. The number of nitrogens with one attached hydrogen (secondary N) is 1. The van der Waals surface area contributed by atoms with E-state index in [1.54, 1.807) is 12.0 Å². The Labute approximate surface area is 201 Å². The molecule has 9 heteroatoms. The van der Waals surface area contributed by atoms with Gasteiger partial charge in [0.25, 0.3) is 0 Å². The van der Waals surface area contributed by atoms with E-state index in [4.69, 9.17) is 21.1 Å². The van der Waals surface area contributed by atoms with Crippen LogP contribution < -0.4 is 10.1 Å². The highest BCUT2D eigenvalue weighted by Crippen LogP contribution is 2.46. The topological polar surface area (TPSA) is 74.4 Å². The van der Waals surface area contributed by atoms with Gasteiger partial charge in [0.15, 0.2) is 0 Å². The number of amides is 2. The minimum atomic E-state index is -0.475. The van der Waals surface area contributed by atoms with E-state index in [0.717, 1.165) is 42.2 Å². The number of methoxy groups -OCH3 is 1. The van der Waals surface area contributed by atoms with Crippen molar-refractivity contribution in [3.05, 3.63) is 22.7 Å². The Bertz CT molecular complexity index is 885. The molecule has 0 bridgehead atoms. The van der Waals surface area contributed by atoms with Gasteiger partial charge in [0, 0.05) is 56.4 Å². The summed E-state index contributed by atoms with van der Waals surface area (Å²) in [5, 5.41) is 3.98. The number of piperazine rings is 1. The van der Waals surface area contributed by atoms with Gasteiger partial charge < -0.3 is 24.6 Å². The largest absolute Gasteiger partial charge is 0.495 e. The molecular formula is C24H35ClN4O4. The zero-order valence-corrected chi connectivity index (χ0v) is 20.8. The number of benzene rings is 1. The fourth-order valence-electron chi connectivity index (χ4n) is 4.37. The molecule has 0 radical (unpaired) electrons. The number of halogens is 1. The number of anilines is 1. The van der Waals surface area contributed by atoms with Gasteiger partial charge in [-0.05, 0) is 51.2 Å². The molecule has 1 N–H and O–H groups in total. The van der Waals surface area contributed by atoms with Crippen molar-refractivity contribution >= 4 is 29.3 Å². The van der Waals surface area contributed by atoms with E-state index in [1.807, 2.05) is 37.8 Å². The van der Waals surface area contributed by atoms with E-state index < -0.39 is 5.60 Å². The Morgan fingerprint density at radius 1 is 1.09 bits per heavy atom. The number of hydrogen-bond acceptors (Lipinski definition) is 6. The second-order valence-electron chi connectivity index (χ2n) is 10.2. The highest BCUT2D eigenvalue weighted by atomic mass is 35.5. The molecule has 0 atom stereocenters. The molecule has 2 amide bonds. The standard InChI is InChI=1S/C24H35ClN4O4/c1-24(2,3)33-23(31)29-14-17(15-29)27-7-9-28(10-8-27)22(30)13-26-20-11-18(16-5-6-16)19(25)12-21(20)32-4/h11-12,16-17,26H,5-10,13-15H2,1-4H3. The van der Waals surface area contributed by atoms with Crippen molar-refractivity contribution in [3.63, 3.8) is 0 Å². The van der Waals surface area contributed by atoms with Gasteiger partial charge in [0.05, 0.1) is 19.3 Å². The zero-order valence-electron chi connectivity index (χ0n) is 20.0. The molecule has 4 rings (SSSR count). The molecule has 2 aliphatic heterocycles. The van der Waals surface area contributed by atoms with Gasteiger partial charge in [0.1, 0.15) is 11.4 Å². The van der Waals surface area contributed by atoms with Crippen LogP contribution in [0.3, 0.4) is 0 Å². The summed E-state index contributed by atoms with van der Waals surface area (Å²) in [5.41, 5.74) is 1.46. The third-order valence-corrected chi connectivity index (χ3v) is 6.79. The molecule has 1 aromatic rings. The van der Waals surface area contributed by atoms with Crippen molar-refractivity contribution in [2.75, 3.05) is 58.2 Å². The summed E-state index contributed by atoms with van der Waals surface area (Å²) in [4.78, 5) is 31.0. The van der Waals surface area contributed by atoms with E-state index in [1.165, 1.54) is 0 Å². The normalized spacial score (nSPS) is 19.8. The highest BCUT2D eigenvalue weighted by molar-refractivity contribution is 6.31. The van der Waals surface area contributed by atoms with Crippen molar-refractivity contribution in [1.29, 1.82) is 0 Å². The van der Waals surface area contributed by atoms with Gasteiger partial charge in [-0.15, -0.1) is 0 Å². The summed E-state index contributed by atoms with van der Waals surface area (Å²) in [5.74, 6) is 1.25. The van der Waals surface area contributed by atoms with Gasteiger partial charge in [-0.25, -0.2) is 4.79 Å². The first-order valence-electron chi connectivity index (χ1n) is 11.8. The second kappa shape index (κ2) is 9.58. The second-order valence-corrected chi connectivity index (χ2v) is 10.6. The molecule has 1 aromatic carbocycles. The average Bonchev–Trinajstić information content (AvgIpc) is 3.55. The maximum atomic E-state index is 12.8. The SMILES string of the molecule is COc1cc(Cl)c(C2CC2)cc1NCC(=O)N1CCN(C2CN(C(=O)OC(C)(C)C)C2)CC1. The van der Waals surface area contributed by atoms with Crippen LogP contribution in [-0.4, -0.2) is 91.3 Å². The lowest BCUT2D eigenvalue weighted by molar-refractivity contribution is -0.131. The monoisotopic (exact) mass is 478 g/mol. The molecule has 3 aliphatic rings. The third kappa shape index (κ3) is 5.84. The number of carbonyl (C=O) groups is 2. The minimum absolute atomic E-state index is 0.0728. The van der Waals surface area contributed by atoms with Crippen LogP contribution in [0, 0.1) is 0 Å². The number of carbonyl (C=O) groups excluding carboxylic acids is 2. The van der Waals surface area contributed by atoms with Crippen LogP contribution in [0.4, 0.5) is 10.5 Å². The highest BCUT2D eigenvalue weighted by Gasteiger charge is 2.38. The summed E-state index contributed by atoms with van der Waals surface area (Å²) in [6.07, 6.45) is 2.07. The number of nitrogens with zero attached hydrogens (tertiary/aromatic N) is 3. The van der Waals surface area contributed by atoms with Gasteiger partial charge in [-0.3, -0.25) is 9.69 Å². The van der Waals surface area contributed by atoms with Crippen LogP contribution in [0.2, 0.25) is 5.02 Å². The molecule has 0 aromatic heterocycles. The molecule has 0 unspecified atom stereocenters. The summed E-state index contributed by atoms with van der Waals surface area (Å²) in [6.45, 7) is 10.2. The average molecular weight is 479 g/mol. The Hall–Kier alpha value is -2.19. The molecule has 1 aliphatic carbocycles. The predicted molar refractivity (Wildman–Crippen MR) is 128 cm³/mol. The first kappa shape index (κ1) is 24.0. The lowest BCUT2D eigenvalue weighted by atomic mass is 10.1. The molecule has 8 nitrogen and oxygen atoms in total. The Kier molecular flexibility index (Phi) is 6.96. The van der Waals surface area contributed by atoms with E-state index in [-0.39, 0.29) is 18.5 Å².